The molecule has 24 heavy (non-hydrogen) atoms. The Morgan fingerprint density at radius 3 is 2.75 bits per heavy atom. The fourth-order valence-corrected chi connectivity index (χ4v) is 4.49. The Morgan fingerprint density at radius 1 is 1.08 bits per heavy atom. The van der Waals surface area contributed by atoms with E-state index in [1.54, 1.807) is 11.3 Å². The fraction of sp³-hybridized carbons (Fsp3) is 0. The minimum atomic E-state index is -0.0893. The van der Waals surface area contributed by atoms with E-state index in [9.17, 15) is 4.79 Å². The summed E-state index contributed by atoms with van der Waals surface area (Å²) in [4.78, 5) is 17.8. The molecule has 0 saturated heterocycles. The van der Waals surface area contributed by atoms with Crippen LogP contribution in [0, 0.1) is 3.57 Å². The number of halogens is 1. The predicted octanol–water partition coefficient (Wildman–Crippen LogP) is 5.88. The molecule has 2 aromatic heterocycles. The smallest absolute Gasteiger partial charge is 0.265 e. The third kappa shape index (κ3) is 3.09. The third-order valence-electron chi connectivity index (χ3n) is 3.50. The van der Waals surface area contributed by atoms with Crippen molar-refractivity contribution in [3.63, 3.8) is 0 Å². The van der Waals surface area contributed by atoms with Crippen molar-refractivity contribution in [1.82, 2.24) is 4.98 Å². The molecule has 0 aliphatic rings. The number of benzene rings is 2. The van der Waals surface area contributed by atoms with E-state index in [0.29, 0.717) is 4.88 Å². The highest BCUT2D eigenvalue weighted by molar-refractivity contribution is 14.1. The van der Waals surface area contributed by atoms with Crippen molar-refractivity contribution in [3.8, 4) is 10.6 Å². The summed E-state index contributed by atoms with van der Waals surface area (Å²) in [5, 5.41) is 5.83. The van der Waals surface area contributed by atoms with Gasteiger partial charge in [-0.15, -0.1) is 22.7 Å². The zero-order valence-corrected chi connectivity index (χ0v) is 16.1. The lowest BCUT2D eigenvalue weighted by molar-refractivity contribution is 0.103. The van der Waals surface area contributed by atoms with Gasteiger partial charge in [0.25, 0.3) is 5.91 Å². The Hall–Kier alpha value is -1.77. The molecule has 0 saturated carbocycles. The van der Waals surface area contributed by atoms with Crippen LogP contribution in [0.2, 0.25) is 0 Å². The van der Waals surface area contributed by atoms with Gasteiger partial charge in [0.2, 0.25) is 0 Å². The van der Waals surface area contributed by atoms with E-state index >= 15 is 0 Å². The Morgan fingerprint density at radius 2 is 1.96 bits per heavy atom. The molecule has 0 unspecified atom stereocenters. The second kappa shape index (κ2) is 6.62. The lowest BCUT2D eigenvalue weighted by Gasteiger charge is -2.09. The molecule has 3 nitrogen and oxygen atoms in total. The van der Waals surface area contributed by atoms with Crippen molar-refractivity contribution in [2.75, 3.05) is 5.32 Å². The van der Waals surface area contributed by atoms with Crippen LogP contribution in [0.1, 0.15) is 9.67 Å². The summed E-state index contributed by atoms with van der Waals surface area (Å²) in [5.41, 5.74) is 2.72. The molecule has 0 aliphatic heterocycles. The second-order valence-electron chi connectivity index (χ2n) is 5.11. The number of aromatic nitrogens is 1. The number of carbonyl (C=O) groups excluding carboxylic acids is 1. The average molecular weight is 462 g/mol. The average Bonchev–Trinajstić information content (AvgIpc) is 3.25. The second-order valence-corrected chi connectivity index (χ2v) is 8.33. The Kier molecular flexibility index (Phi) is 4.34. The summed E-state index contributed by atoms with van der Waals surface area (Å²) < 4.78 is 2.25. The van der Waals surface area contributed by atoms with Gasteiger partial charge in [0.15, 0.2) is 0 Å². The Labute approximate surface area is 160 Å². The van der Waals surface area contributed by atoms with Crippen LogP contribution in [0.25, 0.3) is 20.8 Å². The van der Waals surface area contributed by atoms with Gasteiger partial charge in [0, 0.05) is 9.13 Å². The molecule has 0 fully saturated rings. The van der Waals surface area contributed by atoms with Crippen LogP contribution >= 0.6 is 45.3 Å². The molecule has 0 bridgehead atoms. The monoisotopic (exact) mass is 462 g/mol. The lowest BCUT2D eigenvalue weighted by Crippen LogP contribution is -2.11. The molecular formula is C18H11IN2OS2. The lowest BCUT2D eigenvalue weighted by atomic mass is 10.2. The number of para-hydroxylation sites is 1. The van der Waals surface area contributed by atoms with Crippen molar-refractivity contribution >= 4 is 67.1 Å². The maximum absolute atomic E-state index is 12.4. The zero-order valence-electron chi connectivity index (χ0n) is 12.3. The summed E-state index contributed by atoms with van der Waals surface area (Å²) in [6, 6.07) is 17.8. The van der Waals surface area contributed by atoms with Crippen molar-refractivity contribution < 1.29 is 4.79 Å². The molecular weight excluding hydrogens is 451 g/mol. The SMILES string of the molecule is O=C(Nc1ccc(I)cc1-c1nc2ccccc2s1)c1cccs1. The highest BCUT2D eigenvalue weighted by Crippen LogP contribution is 2.35. The standard InChI is InChI=1S/C18H11IN2OS2/c19-11-7-8-13(20-17(22)16-6-3-9-23-16)12(10-11)18-21-14-4-1-2-5-15(14)24-18/h1-10H,(H,20,22). The number of rotatable bonds is 3. The number of carbonyl (C=O) groups is 1. The van der Waals surface area contributed by atoms with Crippen LogP contribution in [0.3, 0.4) is 0 Å². The van der Waals surface area contributed by atoms with Crippen LogP contribution < -0.4 is 5.32 Å². The topological polar surface area (TPSA) is 42.0 Å². The third-order valence-corrected chi connectivity index (χ3v) is 6.11. The van der Waals surface area contributed by atoms with Crippen LogP contribution in [-0.2, 0) is 0 Å². The number of hydrogen-bond acceptors (Lipinski definition) is 4. The van der Waals surface area contributed by atoms with Gasteiger partial charge in [-0.1, -0.05) is 18.2 Å². The molecule has 118 valence electrons. The van der Waals surface area contributed by atoms with Gasteiger partial charge >= 0.3 is 0 Å². The molecule has 4 rings (SSSR count). The molecule has 1 amide bonds. The first-order valence-electron chi connectivity index (χ1n) is 7.21. The predicted molar refractivity (Wildman–Crippen MR) is 110 cm³/mol. The van der Waals surface area contributed by atoms with Crippen molar-refractivity contribution in [1.29, 1.82) is 0 Å². The van der Waals surface area contributed by atoms with E-state index in [1.165, 1.54) is 11.3 Å². The molecule has 2 aromatic carbocycles. The van der Waals surface area contributed by atoms with Crippen molar-refractivity contribution in [2.45, 2.75) is 0 Å². The summed E-state index contributed by atoms with van der Waals surface area (Å²) in [6.45, 7) is 0. The van der Waals surface area contributed by atoms with E-state index in [4.69, 9.17) is 4.98 Å². The Balaban J connectivity index is 1.77. The molecule has 4 aromatic rings. The van der Waals surface area contributed by atoms with Crippen molar-refractivity contribution in [3.05, 3.63) is 68.4 Å². The van der Waals surface area contributed by atoms with Gasteiger partial charge in [0.05, 0.1) is 20.8 Å². The summed E-state index contributed by atoms with van der Waals surface area (Å²) in [5.74, 6) is -0.0893. The highest BCUT2D eigenvalue weighted by atomic mass is 127. The summed E-state index contributed by atoms with van der Waals surface area (Å²) in [6.07, 6.45) is 0. The first-order valence-corrected chi connectivity index (χ1v) is 9.98. The molecule has 0 aliphatic carbocycles. The van der Waals surface area contributed by atoms with Gasteiger partial charge in [-0.2, -0.15) is 0 Å². The maximum Gasteiger partial charge on any atom is 0.265 e. The van der Waals surface area contributed by atoms with Gasteiger partial charge in [-0.05, 0) is 64.4 Å². The van der Waals surface area contributed by atoms with Crippen molar-refractivity contribution in [2.24, 2.45) is 0 Å². The van der Waals surface area contributed by atoms with Crippen LogP contribution in [-0.4, -0.2) is 10.9 Å². The summed E-state index contributed by atoms with van der Waals surface area (Å²) >= 11 is 5.34. The highest BCUT2D eigenvalue weighted by Gasteiger charge is 2.14. The Bertz CT molecular complexity index is 992. The molecule has 0 spiro atoms. The van der Waals surface area contributed by atoms with Gasteiger partial charge in [0.1, 0.15) is 5.01 Å². The number of hydrogen-bond donors (Lipinski definition) is 1. The number of amides is 1. The summed E-state index contributed by atoms with van der Waals surface area (Å²) in [7, 11) is 0. The largest absolute Gasteiger partial charge is 0.321 e. The molecule has 1 N–H and O–H groups in total. The molecule has 2 heterocycles. The zero-order chi connectivity index (χ0) is 16.5. The maximum atomic E-state index is 12.4. The van der Waals surface area contributed by atoms with Crippen LogP contribution in [0.15, 0.2) is 60.0 Å². The fourth-order valence-electron chi connectivity index (χ4n) is 2.38. The number of nitrogens with one attached hydrogen (secondary N) is 1. The normalized spacial score (nSPS) is 10.9. The van der Waals surface area contributed by atoms with E-state index < -0.39 is 0 Å². The number of nitrogens with zero attached hydrogens (tertiary/aromatic N) is 1. The first-order chi connectivity index (χ1) is 11.7. The van der Waals surface area contributed by atoms with E-state index in [0.717, 1.165) is 30.0 Å². The minimum Gasteiger partial charge on any atom is -0.321 e. The van der Waals surface area contributed by atoms with E-state index in [1.807, 2.05) is 47.8 Å². The van der Waals surface area contributed by atoms with Crippen LogP contribution in [0.4, 0.5) is 5.69 Å². The molecule has 0 radical (unpaired) electrons. The number of fused-ring (bicyclic) bond motifs is 1. The molecule has 0 atom stereocenters. The minimum absolute atomic E-state index is 0.0893. The number of anilines is 1. The number of thiophene rings is 1. The molecule has 6 heteroatoms. The quantitative estimate of drug-likeness (QED) is 0.387. The van der Waals surface area contributed by atoms with E-state index in [2.05, 4.69) is 40.0 Å². The van der Waals surface area contributed by atoms with Gasteiger partial charge in [-0.3, -0.25) is 4.79 Å². The van der Waals surface area contributed by atoms with Gasteiger partial charge < -0.3 is 5.32 Å². The number of thiazole rings is 1. The van der Waals surface area contributed by atoms with Crippen LogP contribution in [0.5, 0.6) is 0 Å². The van der Waals surface area contributed by atoms with E-state index in [-0.39, 0.29) is 5.91 Å². The first kappa shape index (κ1) is 15.7. The van der Waals surface area contributed by atoms with Gasteiger partial charge in [-0.25, -0.2) is 4.98 Å².